The van der Waals surface area contributed by atoms with Crippen molar-refractivity contribution in [3.05, 3.63) is 88.9 Å². The monoisotopic (exact) mass is 521 g/mol. The molecule has 0 bridgehead atoms. The number of aromatic nitrogens is 1. The fourth-order valence-corrected chi connectivity index (χ4v) is 6.62. The van der Waals surface area contributed by atoms with E-state index in [1.165, 1.54) is 17.4 Å². The smallest absolute Gasteiger partial charge is 0.264 e. The number of piperidine rings is 1. The molecule has 2 heterocycles. The number of amides is 1. The number of benzene rings is 3. The number of rotatable bonds is 6. The first kappa shape index (κ1) is 24.4. The molecule has 1 aliphatic heterocycles. The van der Waals surface area contributed by atoms with Crippen LogP contribution in [0.4, 0.5) is 5.69 Å². The largest absolute Gasteiger partial charge is 0.389 e. The number of nitrogens with one attached hydrogen (secondary N) is 1. The molecule has 1 aliphatic rings. The van der Waals surface area contributed by atoms with Crippen LogP contribution in [0.1, 0.15) is 34.3 Å². The Hall–Kier alpha value is -3.27. The van der Waals surface area contributed by atoms with E-state index >= 15 is 0 Å². The molecule has 0 radical (unpaired) electrons. The van der Waals surface area contributed by atoms with E-state index in [0.29, 0.717) is 49.1 Å². The van der Waals surface area contributed by atoms with Crippen LogP contribution < -0.4 is 4.72 Å². The van der Waals surface area contributed by atoms with Crippen LogP contribution in [0, 0.1) is 6.92 Å². The number of nitrogens with zero attached hydrogens (tertiary/aromatic N) is 2. The lowest BCUT2D eigenvalue weighted by molar-refractivity contribution is -0.0163. The van der Waals surface area contributed by atoms with Crippen molar-refractivity contribution in [3.63, 3.8) is 0 Å². The van der Waals surface area contributed by atoms with Gasteiger partial charge in [0, 0.05) is 30.8 Å². The van der Waals surface area contributed by atoms with Crippen LogP contribution in [-0.2, 0) is 16.4 Å². The van der Waals surface area contributed by atoms with E-state index in [0.717, 1.165) is 15.8 Å². The highest BCUT2D eigenvalue weighted by Crippen LogP contribution is 2.29. The highest BCUT2D eigenvalue weighted by molar-refractivity contribution is 7.93. The molecule has 0 saturated carbocycles. The standard InChI is InChI=1S/C27H27N3O4S2/c1-19-5-2-3-6-21(19)17-27(32)13-15-30(16-14-27)26(31)20-9-11-22(12-10-20)29-36(33,34)24-8-4-7-23-25(24)28-18-35-23/h2-12,18,29,32H,13-17H2,1H3. The first-order chi connectivity index (χ1) is 17.2. The molecule has 5 rings (SSSR count). The third-order valence-corrected chi connectivity index (χ3v) is 8.97. The van der Waals surface area contributed by atoms with Crippen molar-refractivity contribution < 1.29 is 18.3 Å². The molecule has 0 unspecified atom stereocenters. The number of fused-ring (bicyclic) bond motifs is 1. The number of sulfonamides is 1. The van der Waals surface area contributed by atoms with E-state index < -0.39 is 15.6 Å². The molecule has 3 aromatic carbocycles. The molecule has 7 nitrogen and oxygen atoms in total. The lowest BCUT2D eigenvalue weighted by Crippen LogP contribution is -2.47. The van der Waals surface area contributed by atoms with Crippen LogP contribution >= 0.6 is 11.3 Å². The summed E-state index contributed by atoms with van der Waals surface area (Å²) < 4.78 is 29.3. The van der Waals surface area contributed by atoms with E-state index in [-0.39, 0.29) is 10.8 Å². The van der Waals surface area contributed by atoms with E-state index in [9.17, 15) is 18.3 Å². The van der Waals surface area contributed by atoms with Gasteiger partial charge < -0.3 is 10.0 Å². The minimum Gasteiger partial charge on any atom is -0.389 e. The molecule has 36 heavy (non-hydrogen) atoms. The van der Waals surface area contributed by atoms with E-state index in [1.807, 2.05) is 37.3 Å². The van der Waals surface area contributed by atoms with Crippen molar-refractivity contribution in [1.29, 1.82) is 0 Å². The summed E-state index contributed by atoms with van der Waals surface area (Å²) in [5, 5.41) is 11.1. The fraction of sp³-hybridized carbons (Fsp3) is 0.259. The summed E-state index contributed by atoms with van der Waals surface area (Å²) in [4.78, 5) is 19.1. The topological polar surface area (TPSA) is 99.6 Å². The van der Waals surface area contributed by atoms with Gasteiger partial charge in [0.2, 0.25) is 0 Å². The van der Waals surface area contributed by atoms with Crippen molar-refractivity contribution >= 4 is 43.2 Å². The van der Waals surface area contributed by atoms with Crippen LogP contribution in [0.25, 0.3) is 10.2 Å². The number of likely N-dealkylation sites (tertiary alicyclic amines) is 1. The molecule has 4 aromatic rings. The number of hydrogen-bond donors (Lipinski definition) is 2. The normalized spacial score (nSPS) is 15.7. The van der Waals surface area contributed by atoms with Gasteiger partial charge in [0.15, 0.2) is 0 Å². The number of carbonyl (C=O) groups excluding carboxylic acids is 1. The average Bonchev–Trinajstić information content (AvgIpc) is 3.35. The van der Waals surface area contributed by atoms with Crippen LogP contribution in [-0.4, -0.2) is 48.0 Å². The minimum absolute atomic E-state index is 0.118. The molecule has 1 fully saturated rings. The van der Waals surface area contributed by atoms with Gasteiger partial charge in [-0.3, -0.25) is 9.52 Å². The molecule has 1 amide bonds. The lowest BCUT2D eigenvalue weighted by Gasteiger charge is -2.38. The summed E-state index contributed by atoms with van der Waals surface area (Å²) in [6, 6.07) is 19.5. The van der Waals surface area contributed by atoms with E-state index in [4.69, 9.17) is 0 Å². The summed E-state index contributed by atoms with van der Waals surface area (Å²) in [5.41, 5.74) is 4.36. The maximum atomic E-state index is 13.1. The highest BCUT2D eigenvalue weighted by atomic mass is 32.2. The lowest BCUT2D eigenvalue weighted by atomic mass is 9.84. The number of aryl methyl sites for hydroxylation is 1. The summed E-state index contributed by atoms with van der Waals surface area (Å²) in [6.07, 6.45) is 1.59. The van der Waals surface area contributed by atoms with Crippen molar-refractivity contribution in [2.24, 2.45) is 0 Å². The molecule has 1 aromatic heterocycles. The maximum absolute atomic E-state index is 13.1. The van der Waals surface area contributed by atoms with E-state index in [1.54, 1.807) is 40.7 Å². The van der Waals surface area contributed by atoms with Crippen LogP contribution in [0.15, 0.2) is 77.1 Å². The molecule has 9 heteroatoms. The Morgan fingerprint density at radius 2 is 1.78 bits per heavy atom. The van der Waals surface area contributed by atoms with Gasteiger partial charge in [-0.05, 0) is 67.3 Å². The molecule has 2 N–H and O–H groups in total. The van der Waals surface area contributed by atoms with Crippen molar-refractivity contribution in [3.8, 4) is 0 Å². The second-order valence-corrected chi connectivity index (χ2v) is 11.8. The molecule has 0 spiro atoms. The van der Waals surface area contributed by atoms with Gasteiger partial charge in [0.1, 0.15) is 10.4 Å². The van der Waals surface area contributed by atoms with Gasteiger partial charge in [-0.1, -0.05) is 30.3 Å². The first-order valence-corrected chi connectivity index (χ1v) is 14.1. The van der Waals surface area contributed by atoms with Crippen molar-refractivity contribution in [1.82, 2.24) is 9.88 Å². The zero-order valence-corrected chi connectivity index (χ0v) is 21.5. The fourth-order valence-electron chi connectivity index (χ4n) is 4.62. The minimum atomic E-state index is -3.83. The Kier molecular flexibility index (Phi) is 6.55. The van der Waals surface area contributed by atoms with Crippen molar-refractivity contribution in [2.45, 2.75) is 36.7 Å². The van der Waals surface area contributed by atoms with Gasteiger partial charge in [0.25, 0.3) is 15.9 Å². The number of aliphatic hydroxyl groups is 1. The second kappa shape index (κ2) is 9.65. The number of hydrogen-bond acceptors (Lipinski definition) is 6. The Morgan fingerprint density at radius 3 is 2.50 bits per heavy atom. The number of anilines is 1. The molecule has 186 valence electrons. The summed E-state index contributed by atoms with van der Waals surface area (Å²) in [6.45, 7) is 2.97. The summed E-state index contributed by atoms with van der Waals surface area (Å²) in [5.74, 6) is -0.130. The molecule has 1 saturated heterocycles. The zero-order chi connectivity index (χ0) is 25.3. The highest BCUT2D eigenvalue weighted by Gasteiger charge is 2.34. The van der Waals surface area contributed by atoms with Crippen LogP contribution in [0.5, 0.6) is 0 Å². The molecular weight excluding hydrogens is 494 g/mol. The zero-order valence-electron chi connectivity index (χ0n) is 19.8. The summed E-state index contributed by atoms with van der Waals surface area (Å²) >= 11 is 1.38. The average molecular weight is 522 g/mol. The SMILES string of the molecule is Cc1ccccc1CC1(O)CCN(C(=O)c2ccc(NS(=O)(=O)c3cccc4scnc34)cc2)CC1. The maximum Gasteiger partial charge on any atom is 0.264 e. The van der Waals surface area contributed by atoms with Gasteiger partial charge in [-0.15, -0.1) is 11.3 Å². The van der Waals surface area contributed by atoms with E-state index in [2.05, 4.69) is 9.71 Å². The number of para-hydroxylation sites is 1. The number of thiazole rings is 1. The van der Waals surface area contributed by atoms with Gasteiger partial charge >= 0.3 is 0 Å². The Bertz CT molecular complexity index is 1510. The predicted octanol–water partition coefficient (Wildman–Crippen LogP) is 4.62. The quantitative estimate of drug-likeness (QED) is 0.386. The Labute approximate surface area is 214 Å². The second-order valence-electron chi connectivity index (χ2n) is 9.26. The Balaban J connectivity index is 1.23. The van der Waals surface area contributed by atoms with Gasteiger partial charge in [-0.25, -0.2) is 13.4 Å². The first-order valence-electron chi connectivity index (χ1n) is 11.8. The third-order valence-electron chi connectivity index (χ3n) is 6.76. The van der Waals surface area contributed by atoms with Gasteiger partial charge in [0.05, 0.1) is 15.8 Å². The molecule has 0 aliphatic carbocycles. The number of carbonyl (C=O) groups is 1. The predicted molar refractivity (Wildman–Crippen MR) is 142 cm³/mol. The Morgan fingerprint density at radius 1 is 1.06 bits per heavy atom. The van der Waals surface area contributed by atoms with Gasteiger partial charge in [-0.2, -0.15) is 0 Å². The molecular formula is C27H27N3O4S2. The van der Waals surface area contributed by atoms with Crippen molar-refractivity contribution in [2.75, 3.05) is 17.8 Å². The van der Waals surface area contributed by atoms with Crippen LogP contribution in [0.3, 0.4) is 0 Å². The van der Waals surface area contributed by atoms with Crippen LogP contribution in [0.2, 0.25) is 0 Å². The third kappa shape index (κ3) is 5.00. The summed E-state index contributed by atoms with van der Waals surface area (Å²) in [7, 11) is -3.83. The molecule has 0 atom stereocenters.